The summed E-state index contributed by atoms with van der Waals surface area (Å²) in [7, 11) is 1.65. The van der Waals surface area contributed by atoms with Crippen molar-refractivity contribution in [1.82, 2.24) is 25.1 Å². The molecule has 2 aromatic rings. The summed E-state index contributed by atoms with van der Waals surface area (Å²) in [6.45, 7) is 1.75. The van der Waals surface area contributed by atoms with Crippen LogP contribution in [0.4, 0.5) is 0 Å². The molecule has 0 fully saturated rings. The largest absolute Gasteiger partial charge is 0.383 e. The molecule has 2 heterocycles. The van der Waals surface area contributed by atoms with Gasteiger partial charge in [-0.05, 0) is 0 Å². The van der Waals surface area contributed by atoms with Crippen LogP contribution in [0.15, 0.2) is 24.9 Å². The molecular formula is C11H15N5O2. The van der Waals surface area contributed by atoms with Gasteiger partial charge in [0, 0.05) is 26.0 Å². The van der Waals surface area contributed by atoms with E-state index in [4.69, 9.17) is 4.74 Å². The SMILES string of the molecule is COCCn1cncc1CNC(=O)c1cn[nH]c1. The average molecular weight is 249 g/mol. The summed E-state index contributed by atoms with van der Waals surface area (Å²) in [5, 5.41) is 9.13. The normalized spacial score (nSPS) is 10.5. The standard InChI is InChI=1S/C11H15N5O2/c1-18-3-2-16-8-12-6-10(16)7-13-11(17)9-4-14-15-5-9/h4-6,8H,2-3,7H2,1H3,(H,13,17)(H,14,15). The molecule has 1 amide bonds. The first kappa shape index (κ1) is 12.3. The number of carbonyl (C=O) groups is 1. The maximum Gasteiger partial charge on any atom is 0.254 e. The van der Waals surface area contributed by atoms with E-state index in [9.17, 15) is 4.79 Å². The molecule has 0 unspecified atom stereocenters. The highest BCUT2D eigenvalue weighted by Crippen LogP contribution is 2.00. The van der Waals surface area contributed by atoms with Gasteiger partial charge in [0.05, 0.1) is 36.9 Å². The Morgan fingerprint density at radius 1 is 1.56 bits per heavy atom. The summed E-state index contributed by atoms with van der Waals surface area (Å²) in [5.41, 5.74) is 1.45. The van der Waals surface area contributed by atoms with E-state index in [1.165, 1.54) is 6.20 Å². The number of nitrogens with one attached hydrogen (secondary N) is 2. The van der Waals surface area contributed by atoms with Gasteiger partial charge in [0.2, 0.25) is 0 Å². The van der Waals surface area contributed by atoms with Crippen LogP contribution in [0.2, 0.25) is 0 Å². The summed E-state index contributed by atoms with van der Waals surface area (Å²) < 4.78 is 6.95. The van der Waals surface area contributed by atoms with E-state index in [-0.39, 0.29) is 5.91 Å². The molecular weight excluding hydrogens is 234 g/mol. The van der Waals surface area contributed by atoms with Crippen molar-refractivity contribution < 1.29 is 9.53 Å². The number of aromatic amines is 1. The van der Waals surface area contributed by atoms with Crippen LogP contribution < -0.4 is 5.32 Å². The van der Waals surface area contributed by atoms with Gasteiger partial charge >= 0.3 is 0 Å². The summed E-state index contributed by atoms with van der Waals surface area (Å²) in [4.78, 5) is 15.8. The Morgan fingerprint density at radius 2 is 2.44 bits per heavy atom. The lowest BCUT2D eigenvalue weighted by molar-refractivity contribution is 0.0950. The molecule has 7 heteroatoms. The quantitative estimate of drug-likeness (QED) is 0.765. The Morgan fingerprint density at radius 3 is 3.17 bits per heavy atom. The molecule has 2 aromatic heterocycles. The number of nitrogens with zero attached hydrogens (tertiary/aromatic N) is 3. The van der Waals surface area contributed by atoms with Crippen molar-refractivity contribution in [3.8, 4) is 0 Å². The molecule has 0 radical (unpaired) electrons. The Balaban J connectivity index is 1.90. The summed E-state index contributed by atoms with van der Waals surface area (Å²) in [6.07, 6.45) is 6.48. The third kappa shape index (κ3) is 2.95. The summed E-state index contributed by atoms with van der Waals surface area (Å²) >= 11 is 0. The fourth-order valence-corrected chi connectivity index (χ4v) is 1.53. The van der Waals surface area contributed by atoms with Crippen LogP contribution in [-0.2, 0) is 17.8 Å². The van der Waals surface area contributed by atoms with Gasteiger partial charge in [-0.3, -0.25) is 9.89 Å². The van der Waals surface area contributed by atoms with Crippen LogP contribution >= 0.6 is 0 Å². The molecule has 0 aliphatic rings. The Kier molecular flexibility index (Phi) is 4.08. The number of hydrogen-bond donors (Lipinski definition) is 2. The van der Waals surface area contributed by atoms with Gasteiger partial charge in [-0.15, -0.1) is 0 Å². The minimum Gasteiger partial charge on any atom is -0.383 e. The van der Waals surface area contributed by atoms with E-state index >= 15 is 0 Å². The first-order chi connectivity index (χ1) is 8.81. The third-order valence-electron chi connectivity index (χ3n) is 2.53. The van der Waals surface area contributed by atoms with Crippen LogP contribution in [0.25, 0.3) is 0 Å². The molecule has 0 atom stereocenters. The molecule has 18 heavy (non-hydrogen) atoms. The topological polar surface area (TPSA) is 84.8 Å². The van der Waals surface area contributed by atoms with Gasteiger partial charge in [-0.1, -0.05) is 0 Å². The number of aromatic nitrogens is 4. The predicted molar refractivity (Wildman–Crippen MR) is 63.9 cm³/mol. The summed E-state index contributed by atoms with van der Waals surface area (Å²) in [5.74, 6) is -0.164. The van der Waals surface area contributed by atoms with Crippen molar-refractivity contribution in [3.05, 3.63) is 36.2 Å². The van der Waals surface area contributed by atoms with Gasteiger partial charge in [0.1, 0.15) is 0 Å². The Bertz CT molecular complexity index is 491. The summed E-state index contributed by atoms with van der Waals surface area (Å²) in [6, 6.07) is 0. The number of H-pyrrole nitrogens is 1. The second kappa shape index (κ2) is 5.97. The molecule has 2 N–H and O–H groups in total. The Labute approximate surface area is 104 Å². The van der Waals surface area contributed by atoms with Crippen molar-refractivity contribution >= 4 is 5.91 Å². The first-order valence-electron chi connectivity index (χ1n) is 5.56. The van der Waals surface area contributed by atoms with Crippen molar-refractivity contribution in [1.29, 1.82) is 0 Å². The van der Waals surface area contributed by atoms with Gasteiger partial charge in [0.25, 0.3) is 5.91 Å². The third-order valence-corrected chi connectivity index (χ3v) is 2.53. The highest BCUT2D eigenvalue weighted by Gasteiger charge is 2.08. The number of ether oxygens (including phenoxy) is 1. The highest BCUT2D eigenvalue weighted by atomic mass is 16.5. The number of amides is 1. The van der Waals surface area contributed by atoms with Gasteiger partial charge in [-0.2, -0.15) is 5.10 Å². The average Bonchev–Trinajstić information content (AvgIpc) is 3.04. The van der Waals surface area contributed by atoms with Crippen molar-refractivity contribution in [2.45, 2.75) is 13.1 Å². The van der Waals surface area contributed by atoms with E-state index < -0.39 is 0 Å². The molecule has 0 bridgehead atoms. The van der Waals surface area contributed by atoms with Crippen molar-refractivity contribution in [2.24, 2.45) is 0 Å². The minimum atomic E-state index is -0.164. The first-order valence-corrected chi connectivity index (χ1v) is 5.56. The van der Waals surface area contributed by atoms with Crippen LogP contribution in [0.5, 0.6) is 0 Å². The van der Waals surface area contributed by atoms with E-state index in [2.05, 4.69) is 20.5 Å². The maximum absolute atomic E-state index is 11.7. The van der Waals surface area contributed by atoms with Crippen molar-refractivity contribution in [3.63, 3.8) is 0 Å². The monoisotopic (exact) mass is 249 g/mol. The smallest absolute Gasteiger partial charge is 0.254 e. The van der Waals surface area contributed by atoms with E-state index in [1.807, 2.05) is 4.57 Å². The highest BCUT2D eigenvalue weighted by molar-refractivity contribution is 5.93. The zero-order chi connectivity index (χ0) is 12.8. The lowest BCUT2D eigenvalue weighted by Gasteiger charge is -2.08. The van der Waals surface area contributed by atoms with Crippen LogP contribution in [0.3, 0.4) is 0 Å². The molecule has 96 valence electrons. The molecule has 2 rings (SSSR count). The second-order valence-corrected chi connectivity index (χ2v) is 3.74. The number of rotatable bonds is 6. The zero-order valence-electron chi connectivity index (χ0n) is 10.1. The number of methoxy groups -OCH3 is 1. The number of hydrogen-bond acceptors (Lipinski definition) is 4. The molecule has 0 saturated heterocycles. The molecule has 0 aliphatic heterocycles. The number of carbonyl (C=O) groups excluding carboxylic acids is 1. The minimum absolute atomic E-state index is 0.164. The van der Waals surface area contributed by atoms with Crippen LogP contribution in [0, 0.1) is 0 Å². The molecule has 0 aliphatic carbocycles. The van der Waals surface area contributed by atoms with E-state index in [1.54, 1.807) is 25.8 Å². The lowest BCUT2D eigenvalue weighted by Crippen LogP contribution is -2.24. The van der Waals surface area contributed by atoms with Crippen LogP contribution in [-0.4, -0.2) is 39.4 Å². The fraction of sp³-hybridized carbons (Fsp3) is 0.364. The van der Waals surface area contributed by atoms with E-state index in [0.29, 0.717) is 25.3 Å². The molecule has 0 saturated carbocycles. The van der Waals surface area contributed by atoms with Gasteiger partial charge < -0.3 is 14.6 Å². The number of imidazole rings is 1. The Hall–Kier alpha value is -2.15. The maximum atomic E-state index is 11.7. The van der Waals surface area contributed by atoms with Crippen LogP contribution in [0.1, 0.15) is 16.1 Å². The lowest BCUT2D eigenvalue weighted by atomic mass is 10.3. The van der Waals surface area contributed by atoms with Crippen molar-refractivity contribution in [2.75, 3.05) is 13.7 Å². The van der Waals surface area contributed by atoms with Gasteiger partial charge in [0.15, 0.2) is 0 Å². The fourth-order valence-electron chi connectivity index (χ4n) is 1.53. The van der Waals surface area contributed by atoms with E-state index in [0.717, 1.165) is 5.69 Å². The van der Waals surface area contributed by atoms with Gasteiger partial charge in [-0.25, -0.2) is 4.98 Å². The molecule has 0 spiro atoms. The predicted octanol–water partition coefficient (Wildman–Crippen LogP) is 0.183. The molecule has 7 nitrogen and oxygen atoms in total. The molecule has 0 aromatic carbocycles. The zero-order valence-corrected chi connectivity index (χ0v) is 10.1. The second-order valence-electron chi connectivity index (χ2n) is 3.74.